The highest BCUT2D eigenvalue weighted by Gasteiger charge is 2.28. The van der Waals surface area contributed by atoms with E-state index < -0.39 is 0 Å². The molecule has 2 aromatic rings. The van der Waals surface area contributed by atoms with Gasteiger partial charge >= 0.3 is 6.03 Å². The number of aromatic nitrogens is 1. The largest absolute Gasteiger partial charge is 0.379 e. The second-order valence-corrected chi connectivity index (χ2v) is 8.35. The van der Waals surface area contributed by atoms with Crippen LogP contribution in [-0.4, -0.2) is 66.8 Å². The summed E-state index contributed by atoms with van der Waals surface area (Å²) >= 11 is 1.55. The monoisotopic (exact) mass is 386 g/mol. The Hall–Kier alpha value is -1.96. The maximum atomic E-state index is 12.6. The number of urea groups is 1. The van der Waals surface area contributed by atoms with E-state index in [1.54, 1.807) is 11.3 Å². The van der Waals surface area contributed by atoms with E-state index in [1.807, 2.05) is 29.3 Å². The van der Waals surface area contributed by atoms with E-state index in [1.165, 1.54) is 5.56 Å². The van der Waals surface area contributed by atoms with Crippen molar-refractivity contribution in [2.24, 2.45) is 5.92 Å². The van der Waals surface area contributed by atoms with Crippen LogP contribution in [0.1, 0.15) is 16.9 Å². The molecule has 0 saturated carbocycles. The van der Waals surface area contributed by atoms with Gasteiger partial charge in [-0.25, -0.2) is 9.78 Å². The number of amides is 2. The summed E-state index contributed by atoms with van der Waals surface area (Å²) in [7, 11) is 0. The van der Waals surface area contributed by atoms with E-state index in [0.29, 0.717) is 11.0 Å². The van der Waals surface area contributed by atoms with Gasteiger partial charge in [0.1, 0.15) is 0 Å². The molecule has 2 aliphatic rings. The summed E-state index contributed by atoms with van der Waals surface area (Å²) in [4.78, 5) is 22.5. The normalized spacial score (nSPS) is 20.7. The molecule has 144 valence electrons. The fourth-order valence-electron chi connectivity index (χ4n) is 3.73. The average Bonchev–Trinajstić information content (AvgIpc) is 3.33. The highest BCUT2D eigenvalue weighted by Crippen LogP contribution is 2.23. The van der Waals surface area contributed by atoms with Crippen molar-refractivity contribution in [2.75, 3.05) is 51.3 Å². The van der Waals surface area contributed by atoms with Crippen molar-refractivity contribution in [3.8, 4) is 0 Å². The van der Waals surface area contributed by atoms with Gasteiger partial charge in [-0.3, -0.25) is 10.2 Å². The third-order valence-corrected chi connectivity index (χ3v) is 6.09. The SMILES string of the molecule is O=C(Nc1ncc(Cc2ccccc2)s1)N1CCC(CN2CCOCC2)C1. The van der Waals surface area contributed by atoms with Crippen LogP contribution in [-0.2, 0) is 11.2 Å². The van der Waals surface area contributed by atoms with E-state index in [-0.39, 0.29) is 6.03 Å². The zero-order valence-electron chi connectivity index (χ0n) is 15.5. The number of hydrogen-bond acceptors (Lipinski definition) is 5. The van der Waals surface area contributed by atoms with Crippen molar-refractivity contribution in [3.05, 3.63) is 47.0 Å². The first-order chi connectivity index (χ1) is 13.3. The maximum absolute atomic E-state index is 12.6. The van der Waals surface area contributed by atoms with Crippen molar-refractivity contribution >= 4 is 22.5 Å². The van der Waals surface area contributed by atoms with Gasteiger partial charge in [0.15, 0.2) is 5.13 Å². The lowest BCUT2D eigenvalue weighted by molar-refractivity contribution is 0.0314. The minimum atomic E-state index is -0.0277. The number of hydrogen-bond donors (Lipinski definition) is 1. The van der Waals surface area contributed by atoms with Gasteiger partial charge in [0, 0.05) is 50.2 Å². The highest BCUT2D eigenvalue weighted by atomic mass is 32.1. The number of morpholine rings is 1. The van der Waals surface area contributed by atoms with Gasteiger partial charge in [-0.1, -0.05) is 30.3 Å². The van der Waals surface area contributed by atoms with Crippen LogP contribution in [0.2, 0.25) is 0 Å². The molecule has 6 nitrogen and oxygen atoms in total. The van der Waals surface area contributed by atoms with Crippen molar-refractivity contribution < 1.29 is 9.53 Å². The molecule has 3 heterocycles. The number of nitrogens with zero attached hydrogens (tertiary/aromatic N) is 3. The summed E-state index contributed by atoms with van der Waals surface area (Å²) in [6, 6.07) is 10.3. The predicted octanol–water partition coefficient (Wildman–Crippen LogP) is 2.92. The topological polar surface area (TPSA) is 57.7 Å². The molecule has 1 atom stereocenters. The molecule has 0 spiro atoms. The van der Waals surface area contributed by atoms with E-state index in [0.717, 1.165) is 63.7 Å². The van der Waals surface area contributed by atoms with Crippen molar-refractivity contribution in [2.45, 2.75) is 12.8 Å². The van der Waals surface area contributed by atoms with E-state index >= 15 is 0 Å². The van der Waals surface area contributed by atoms with Crippen LogP contribution in [0.4, 0.5) is 9.93 Å². The molecule has 2 aliphatic heterocycles. The fraction of sp³-hybridized carbons (Fsp3) is 0.500. The van der Waals surface area contributed by atoms with Crippen molar-refractivity contribution in [1.82, 2.24) is 14.8 Å². The first kappa shape index (κ1) is 18.4. The number of carbonyl (C=O) groups is 1. The zero-order chi connectivity index (χ0) is 18.5. The van der Waals surface area contributed by atoms with Gasteiger partial charge in [-0.05, 0) is 17.9 Å². The average molecular weight is 387 g/mol. The van der Waals surface area contributed by atoms with E-state index in [4.69, 9.17) is 4.74 Å². The van der Waals surface area contributed by atoms with Gasteiger partial charge in [-0.2, -0.15) is 0 Å². The number of ether oxygens (including phenoxy) is 1. The molecular formula is C20H26N4O2S. The number of carbonyl (C=O) groups excluding carboxylic acids is 1. The predicted molar refractivity (Wildman–Crippen MR) is 107 cm³/mol. The second-order valence-electron chi connectivity index (χ2n) is 7.24. The Morgan fingerprint density at radius 3 is 2.85 bits per heavy atom. The number of thiazole rings is 1. The quantitative estimate of drug-likeness (QED) is 0.858. The number of nitrogens with one attached hydrogen (secondary N) is 1. The lowest BCUT2D eigenvalue weighted by Gasteiger charge is -2.29. The minimum absolute atomic E-state index is 0.0277. The number of anilines is 1. The molecule has 7 heteroatoms. The van der Waals surface area contributed by atoms with Crippen LogP contribution >= 0.6 is 11.3 Å². The zero-order valence-corrected chi connectivity index (χ0v) is 16.3. The van der Waals surface area contributed by atoms with Crippen LogP contribution in [0.5, 0.6) is 0 Å². The molecule has 2 amide bonds. The fourth-order valence-corrected chi connectivity index (χ4v) is 4.57. The van der Waals surface area contributed by atoms with Gasteiger partial charge in [0.25, 0.3) is 0 Å². The third-order valence-electron chi connectivity index (χ3n) is 5.18. The molecular weight excluding hydrogens is 360 g/mol. The number of benzene rings is 1. The lowest BCUT2D eigenvalue weighted by Crippen LogP contribution is -2.40. The Bertz CT molecular complexity index is 745. The van der Waals surface area contributed by atoms with Gasteiger partial charge in [-0.15, -0.1) is 11.3 Å². The Kier molecular flexibility index (Phi) is 6.01. The molecule has 1 N–H and O–H groups in total. The molecule has 1 aromatic carbocycles. The lowest BCUT2D eigenvalue weighted by atomic mass is 10.1. The smallest absolute Gasteiger partial charge is 0.323 e. The Morgan fingerprint density at radius 2 is 2.04 bits per heavy atom. The molecule has 2 saturated heterocycles. The Balaban J connectivity index is 1.25. The maximum Gasteiger partial charge on any atom is 0.323 e. The summed E-state index contributed by atoms with van der Waals surface area (Å²) in [5, 5.41) is 3.66. The van der Waals surface area contributed by atoms with Crippen LogP contribution < -0.4 is 5.32 Å². The van der Waals surface area contributed by atoms with Crippen molar-refractivity contribution in [1.29, 1.82) is 0 Å². The second kappa shape index (κ2) is 8.82. The standard InChI is InChI=1S/C20H26N4O2S/c25-20(24-7-6-17(15-24)14-23-8-10-26-11-9-23)22-19-21-13-18(27-19)12-16-4-2-1-3-5-16/h1-5,13,17H,6-12,14-15H2,(H,21,22,25). The molecule has 27 heavy (non-hydrogen) atoms. The van der Waals surface area contributed by atoms with Gasteiger partial charge < -0.3 is 9.64 Å². The Labute approximate surface area is 164 Å². The molecule has 0 bridgehead atoms. The summed E-state index contributed by atoms with van der Waals surface area (Å²) in [5.41, 5.74) is 1.25. The summed E-state index contributed by atoms with van der Waals surface area (Å²) < 4.78 is 5.41. The molecule has 1 aromatic heterocycles. The summed E-state index contributed by atoms with van der Waals surface area (Å²) in [6.07, 6.45) is 3.78. The molecule has 0 aliphatic carbocycles. The van der Waals surface area contributed by atoms with E-state index in [9.17, 15) is 4.79 Å². The molecule has 0 radical (unpaired) electrons. The Morgan fingerprint density at radius 1 is 1.22 bits per heavy atom. The highest BCUT2D eigenvalue weighted by molar-refractivity contribution is 7.15. The first-order valence-electron chi connectivity index (χ1n) is 9.61. The van der Waals surface area contributed by atoms with Crippen LogP contribution in [0.3, 0.4) is 0 Å². The minimum Gasteiger partial charge on any atom is -0.379 e. The molecule has 2 fully saturated rings. The number of rotatable bonds is 5. The van der Waals surface area contributed by atoms with E-state index in [2.05, 4.69) is 27.3 Å². The third kappa shape index (κ3) is 5.06. The first-order valence-corrected chi connectivity index (χ1v) is 10.4. The summed E-state index contributed by atoms with van der Waals surface area (Å²) in [6.45, 7) is 6.37. The molecule has 1 unspecified atom stereocenters. The number of likely N-dealkylation sites (tertiary alicyclic amines) is 1. The van der Waals surface area contributed by atoms with Crippen LogP contribution in [0.15, 0.2) is 36.5 Å². The van der Waals surface area contributed by atoms with Gasteiger partial charge in [0.05, 0.1) is 13.2 Å². The van der Waals surface area contributed by atoms with Crippen molar-refractivity contribution in [3.63, 3.8) is 0 Å². The molecule has 4 rings (SSSR count). The van der Waals surface area contributed by atoms with Gasteiger partial charge in [0.2, 0.25) is 0 Å². The summed E-state index contributed by atoms with van der Waals surface area (Å²) in [5.74, 6) is 0.554. The van der Waals surface area contributed by atoms with Crippen LogP contribution in [0.25, 0.3) is 0 Å². The van der Waals surface area contributed by atoms with Crippen LogP contribution in [0, 0.1) is 5.92 Å².